The van der Waals surface area contributed by atoms with E-state index in [1.54, 1.807) is 0 Å². The summed E-state index contributed by atoms with van der Waals surface area (Å²) in [6, 6.07) is 16.0. The van der Waals surface area contributed by atoms with Crippen LogP contribution in [0.5, 0.6) is 0 Å². The molecule has 1 saturated heterocycles. The molecule has 0 bridgehead atoms. The summed E-state index contributed by atoms with van der Waals surface area (Å²) in [7, 11) is 0. The van der Waals surface area contributed by atoms with Gasteiger partial charge in [0.15, 0.2) is 0 Å². The normalized spacial score (nSPS) is 22.3. The highest BCUT2D eigenvalue weighted by molar-refractivity contribution is 5.32. The summed E-state index contributed by atoms with van der Waals surface area (Å²) < 4.78 is 0. The second kappa shape index (κ2) is 6.86. The van der Waals surface area contributed by atoms with Gasteiger partial charge in [0.25, 0.3) is 0 Å². The second-order valence-electron chi connectivity index (χ2n) is 7.22. The van der Waals surface area contributed by atoms with Gasteiger partial charge in [-0.25, -0.2) is 0 Å². The van der Waals surface area contributed by atoms with E-state index < -0.39 is 0 Å². The lowest BCUT2D eigenvalue weighted by molar-refractivity contribution is 0.181. The molecule has 0 spiro atoms. The molecule has 0 aromatic heterocycles. The van der Waals surface area contributed by atoms with E-state index in [0.29, 0.717) is 5.92 Å². The fourth-order valence-electron chi connectivity index (χ4n) is 3.57. The van der Waals surface area contributed by atoms with E-state index in [2.05, 4.69) is 68.1 Å². The van der Waals surface area contributed by atoms with Crippen LogP contribution >= 0.6 is 0 Å². The van der Waals surface area contributed by atoms with Gasteiger partial charge in [0.1, 0.15) is 0 Å². The fraction of sp³-hybridized carbons (Fsp3) is 0.429. The molecule has 0 amide bonds. The molecule has 2 heteroatoms. The van der Waals surface area contributed by atoms with Crippen LogP contribution in [-0.2, 0) is 6.54 Å². The summed E-state index contributed by atoms with van der Waals surface area (Å²) in [6.07, 6.45) is 1.09. The van der Waals surface area contributed by atoms with Crippen molar-refractivity contribution in [3.63, 3.8) is 0 Å². The van der Waals surface area contributed by atoms with Crippen LogP contribution in [0.1, 0.15) is 40.2 Å². The van der Waals surface area contributed by atoms with Gasteiger partial charge in [0.2, 0.25) is 0 Å². The maximum Gasteiger partial charge on any atom is 0.0234 e. The first kappa shape index (κ1) is 16.2. The Kier molecular flexibility index (Phi) is 4.84. The summed E-state index contributed by atoms with van der Waals surface area (Å²) in [5.41, 5.74) is 13.2. The zero-order chi connectivity index (χ0) is 16.4. The molecular weight excluding hydrogens is 280 g/mol. The molecule has 1 aliphatic heterocycles. The van der Waals surface area contributed by atoms with Crippen LogP contribution < -0.4 is 5.73 Å². The van der Waals surface area contributed by atoms with Crippen LogP contribution in [0.2, 0.25) is 0 Å². The van der Waals surface area contributed by atoms with E-state index >= 15 is 0 Å². The third-order valence-electron chi connectivity index (χ3n) is 5.09. The molecule has 1 heterocycles. The molecule has 2 aromatic rings. The van der Waals surface area contributed by atoms with Gasteiger partial charge in [0.05, 0.1) is 0 Å². The third-order valence-corrected chi connectivity index (χ3v) is 5.09. The third kappa shape index (κ3) is 4.01. The molecule has 2 atom stereocenters. The van der Waals surface area contributed by atoms with E-state index in [-0.39, 0.29) is 6.04 Å². The summed E-state index contributed by atoms with van der Waals surface area (Å²) in [4.78, 5) is 2.51. The highest BCUT2D eigenvalue weighted by atomic mass is 15.1. The Balaban J connectivity index is 1.73. The minimum atomic E-state index is 0.265. The molecule has 1 fully saturated rings. The van der Waals surface area contributed by atoms with Gasteiger partial charge in [-0.3, -0.25) is 4.90 Å². The van der Waals surface area contributed by atoms with Crippen molar-refractivity contribution in [2.24, 2.45) is 5.73 Å². The number of hydrogen-bond donors (Lipinski definition) is 1. The van der Waals surface area contributed by atoms with Gasteiger partial charge in [-0.2, -0.15) is 0 Å². The summed E-state index contributed by atoms with van der Waals surface area (Å²) in [5.74, 6) is 0.545. The first-order valence-electron chi connectivity index (χ1n) is 8.62. The average Bonchev–Trinajstić information content (AvgIpc) is 2.52. The largest absolute Gasteiger partial charge is 0.327 e. The smallest absolute Gasteiger partial charge is 0.0234 e. The quantitative estimate of drug-likeness (QED) is 0.931. The predicted octanol–water partition coefficient (Wildman–Crippen LogP) is 3.93. The highest BCUT2D eigenvalue weighted by Crippen LogP contribution is 2.28. The molecule has 0 aliphatic carbocycles. The van der Waals surface area contributed by atoms with E-state index in [9.17, 15) is 0 Å². The Morgan fingerprint density at radius 1 is 0.957 bits per heavy atom. The minimum absolute atomic E-state index is 0.265. The van der Waals surface area contributed by atoms with Crippen LogP contribution in [-0.4, -0.2) is 24.0 Å². The number of likely N-dealkylation sites (tertiary alicyclic amines) is 1. The van der Waals surface area contributed by atoms with Crippen molar-refractivity contribution in [3.05, 3.63) is 70.3 Å². The maximum atomic E-state index is 6.36. The van der Waals surface area contributed by atoms with E-state index in [4.69, 9.17) is 5.73 Å². The Labute approximate surface area is 140 Å². The Morgan fingerprint density at radius 2 is 1.70 bits per heavy atom. The molecule has 23 heavy (non-hydrogen) atoms. The Morgan fingerprint density at radius 3 is 2.39 bits per heavy atom. The second-order valence-corrected chi connectivity index (χ2v) is 7.22. The number of rotatable bonds is 3. The van der Waals surface area contributed by atoms with Crippen molar-refractivity contribution in [2.75, 3.05) is 13.1 Å². The van der Waals surface area contributed by atoms with Crippen LogP contribution in [0.3, 0.4) is 0 Å². The van der Waals surface area contributed by atoms with Gasteiger partial charge >= 0.3 is 0 Å². The molecule has 2 nitrogen and oxygen atoms in total. The number of benzene rings is 2. The van der Waals surface area contributed by atoms with Crippen molar-refractivity contribution >= 4 is 0 Å². The van der Waals surface area contributed by atoms with E-state index in [0.717, 1.165) is 26.1 Å². The molecule has 2 unspecified atom stereocenters. The molecule has 2 N–H and O–H groups in total. The van der Waals surface area contributed by atoms with Crippen LogP contribution in [0.15, 0.2) is 42.5 Å². The summed E-state index contributed by atoms with van der Waals surface area (Å²) >= 11 is 0. The molecule has 1 aliphatic rings. The van der Waals surface area contributed by atoms with Gasteiger partial charge in [0, 0.05) is 25.7 Å². The average molecular weight is 308 g/mol. The SMILES string of the molecule is Cc1ccc(CN2CC(N)CC(c3ccc(C)c(C)c3)C2)cc1. The van der Waals surface area contributed by atoms with E-state index in [1.165, 1.54) is 27.8 Å². The molecule has 0 saturated carbocycles. The van der Waals surface area contributed by atoms with Crippen molar-refractivity contribution < 1.29 is 0 Å². The monoisotopic (exact) mass is 308 g/mol. The lowest BCUT2D eigenvalue weighted by Crippen LogP contribution is -2.45. The number of aryl methyl sites for hydroxylation is 3. The van der Waals surface area contributed by atoms with Gasteiger partial charge in [-0.15, -0.1) is 0 Å². The number of nitrogens with two attached hydrogens (primary N) is 1. The van der Waals surface area contributed by atoms with Crippen molar-refractivity contribution in [1.29, 1.82) is 0 Å². The van der Waals surface area contributed by atoms with Gasteiger partial charge < -0.3 is 5.73 Å². The van der Waals surface area contributed by atoms with Crippen molar-refractivity contribution in [3.8, 4) is 0 Å². The first-order valence-corrected chi connectivity index (χ1v) is 8.62. The Bertz CT molecular complexity index is 660. The molecule has 2 aromatic carbocycles. The zero-order valence-corrected chi connectivity index (χ0v) is 14.5. The number of nitrogens with zero attached hydrogens (tertiary/aromatic N) is 1. The fourth-order valence-corrected chi connectivity index (χ4v) is 3.57. The Hall–Kier alpha value is -1.64. The van der Waals surface area contributed by atoms with E-state index in [1.807, 2.05) is 0 Å². The summed E-state index contributed by atoms with van der Waals surface area (Å²) in [6.45, 7) is 9.60. The number of piperidine rings is 1. The number of hydrogen-bond acceptors (Lipinski definition) is 2. The van der Waals surface area contributed by atoms with Crippen molar-refractivity contribution in [1.82, 2.24) is 4.90 Å². The first-order chi connectivity index (χ1) is 11.0. The molecule has 3 rings (SSSR count). The topological polar surface area (TPSA) is 29.3 Å². The van der Waals surface area contributed by atoms with Gasteiger partial charge in [-0.05, 0) is 55.4 Å². The molecule has 122 valence electrons. The lowest BCUT2D eigenvalue weighted by Gasteiger charge is -2.36. The van der Waals surface area contributed by atoms with Crippen LogP contribution in [0, 0.1) is 20.8 Å². The predicted molar refractivity (Wildman–Crippen MR) is 97.7 cm³/mol. The molecule has 0 radical (unpaired) electrons. The summed E-state index contributed by atoms with van der Waals surface area (Å²) in [5, 5.41) is 0. The van der Waals surface area contributed by atoms with Crippen molar-refractivity contribution in [2.45, 2.75) is 45.7 Å². The highest BCUT2D eigenvalue weighted by Gasteiger charge is 2.26. The standard InChI is InChI=1S/C21H28N2/c1-15-4-7-18(8-5-15)12-23-13-20(11-21(22)14-23)19-9-6-16(2)17(3)10-19/h4-10,20-21H,11-14,22H2,1-3H3. The maximum absolute atomic E-state index is 6.36. The van der Waals surface area contributed by atoms with Crippen LogP contribution in [0.4, 0.5) is 0 Å². The van der Waals surface area contributed by atoms with Gasteiger partial charge in [-0.1, -0.05) is 48.0 Å². The molecular formula is C21H28N2. The lowest BCUT2D eigenvalue weighted by atomic mass is 9.87. The zero-order valence-electron chi connectivity index (χ0n) is 14.5. The van der Waals surface area contributed by atoms with Crippen LogP contribution in [0.25, 0.3) is 0 Å². The minimum Gasteiger partial charge on any atom is -0.327 e.